The third kappa shape index (κ3) is 8.27. The number of imide groups is 1. The van der Waals surface area contributed by atoms with Gasteiger partial charge in [0, 0.05) is 38.7 Å². The van der Waals surface area contributed by atoms with Crippen LogP contribution in [0.15, 0.2) is 42.4 Å². The van der Waals surface area contributed by atoms with Crippen molar-refractivity contribution >= 4 is 30.0 Å². The molecular weight excluding hydrogens is 616 g/mol. The zero-order chi connectivity index (χ0) is 35.1. The Bertz CT molecular complexity index is 1430. The Morgan fingerprint density at radius 3 is 2.52 bits per heavy atom. The van der Waals surface area contributed by atoms with E-state index >= 15 is 0 Å². The summed E-state index contributed by atoms with van der Waals surface area (Å²) >= 11 is 0. The van der Waals surface area contributed by atoms with Crippen LogP contribution >= 0.6 is 0 Å². The number of para-hydroxylation sites is 1. The number of nitrogens with zero attached hydrogens (tertiary/aromatic N) is 1. The van der Waals surface area contributed by atoms with Gasteiger partial charge in [0.05, 0.1) is 30.1 Å². The van der Waals surface area contributed by atoms with E-state index in [-0.39, 0.29) is 42.9 Å². The van der Waals surface area contributed by atoms with Crippen LogP contribution in [0.2, 0.25) is 0 Å². The lowest BCUT2D eigenvalue weighted by Crippen LogP contribution is -2.94. The van der Waals surface area contributed by atoms with Crippen molar-refractivity contribution in [3.8, 4) is 5.75 Å². The maximum atomic E-state index is 13.4. The van der Waals surface area contributed by atoms with E-state index < -0.39 is 29.5 Å². The molecule has 0 radical (unpaired) electrons. The number of nitrogens with two attached hydrogens (primary N) is 1. The molecule has 5 atom stereocenters. The number of amidine groups is 1. The standard InChI is InChI=1S/C26H39N5O3.C7H11N3O3.CH4/c1-7-9-20(27)30-22-15(2)28-16(3)31-14-19(23(32)26(22,31)6)29-24(33)17-10-8-11-18-21(17)34-13-12-25(18,4)5;1-8-5(7(13)9-2)3-6(12)10-4-11;/h8,10-11,15,19,22-23,28,32H,3,7,9,12-14H2,1-2,4-6H3,(H2,27,30)(H,29,33);3-4,8H,1-2H3,(H,9,13)(H,10,11,12);1H4/p+1/b;5-3-;/t15?,19?,22?,23?,26-;;/m0../s1. The number of aliphatic hydroxyl groups excluding tert-OH is 1. The first kappa shape index (κ1) is 39.6. The number of amides is 4. The van der Waals surface area contributed by atoms with Crippen molar-refractivity contribution < 1.29 is 34.0 Å². The van der Waals surface area contributed by atoms with Crippen LogP contribution in [-0.4, -0.2) is 97.0 Å². The highest BCUT2D eigenvalue weighted by atomic mass is 16.5. The monoisotopic (exact) mass is 671 g/mol. The number of hydrogen-bond donors (Lipinski definition) is 8. The molecule has 4 amide bonds. The number of benzene rings is 1. The molecule has 0 aromatic heterocycles. The molecule has 1 aromatic rings. The van der Waals surface area contributed by atoms with E-state index in [1.54, 1.807) is 6.07 Å². The third-order valence-corrected chi connectivity index (χ3v) is 9.15. The topological polar surface area (TPSA) is 201 Å². The number of carbonyl (C=O) groups excluding carboxylic acids is 4. The molecule has 14 heteroatoms. The highest BCUT2D eigenvalue weighted by molar-refractivity contribution is 6.02. The van der Waals surface area contributed by atoms with E-state index in [1.807, 2.05) is 24.4 Å². The summed E-state index contributed by atoms with van der Waals surface area (Å²) in [5.74, 6) is 0.765. The summed E-state index contributed by atoms with van der Waals surface area (Å²) in [7, 11) is 2.93. The maximum absolute atomic E-state index is 13.4. The van der Waals surface area contributed by atoms with Crippen molar-refractivity contribution in [2.24, 2.45) is 5.73 Å². The lowest BCUT2D eigenvalue weighted by molar-refractivity contribution is -0.532. The number of likely N-dealkylation sites (N-methyl/N-ethyl adjacent to an activating group) is 2. The van der Waals surface area contributed by atoms with Gasteiger partial charge in [0.2, 0.25) is 12.2 Å². The number of fused-ring (bicyclic) bond motifs is 2. The van der Waals surface area contributed by atoms with Gasteiger partial charge >= 0.3 is 0 Å². The predicted octanol–water partition coefficient (Wildman–Crippen LogP) is -0.906. The molecule has 1 aromatic carbocycles. The zero-order valence-corrected chi connectivity index (χ0v) is 28.5. The molecular formula is C34H55N8O6+. The second kappa shape index (κ2) is 16.5. The summed E-state index contributed by atoms with van der Waals surface area (Å²) in [4.78, 5) is 50.5. The van der Waals surface area contributed by atoms with Gasteiger partial charge in [0.15, 0.2) is 0 Å². The first-order valence-electron chi connectivity index (χ1n) is 15.9. The molecule has 2 fully saturated rings. The number of rotatable bonds is 9. The second-order valence-corrected chi connectivity index (χ2v) is 12.8. The second-order valence-electron chi connectivity index (χ2n) is 12.8. The van der Waals surface area contributed by atoms with E-state index in [1.165, 1.54) is 14.1 Å². The molecule has 0 saturated carbocycles. The Morgan fingerprint density at radius 1 is 1.23 bits per heavy atom. The Morgan fingerprint density at radius 2 is 1.92 bits per heavy atom. The fraction of sp³-hybridized carbons (Fsp3) is 0.559. The molecule has 9 N–H and O–H groups in total. The minimum absolute atomic E-state index is 0. The van der Waals surface area contributed by atoms with Crippen molar-refractivity contribution in [2.45, 2.75) is 96.5 Å². The van der Waals surface area contributed by atoms with Gasteiger partial charge in [-0.1, -0.05) is 46.9 Å². The van der Waals surface area contributed by atoms with Crippen LogP contribution < -0.4 is 42.0 Å². The predicted molar refractivity (Wildman–Crippen MR) is 185 cm³/mol. The van der Waals surface area contributed by atoms with Gasteiger partial charge < -0.3 is 36.0 Å². The minimum atomic E-state index is -0.832. The Balaban J connectivity index is 0.000000488. The van der Waals surface area contributed by atoms with Crippen LogP contribution in [-0.2, 0) is 19.8 Å². The molecule has 48 heavy (non-hydrogen) atoms. The Kier molecular flexibility index (Phi) is 13.6. The molecule has 2 saturated heterocycles. The van der Waals surface area contributed by atoms with E-state index in [2.05, 4.69) is 65.4 Å². The normalized spacial score (nSPS) is 25.7. The first-order chi connectivity index (χ1) is 22.2. The van der Waals surface area contributed by atoms with E-state index in [0.29, 0.717) is 30.3 Å². The largest absolute Gasteiger partial charge is 0.492 e. The molecule has 14 nitrogen and oxygen atoms in total. The van der Waals surface area contributed by atoms with Gasteiger partial charge in [-0.2, -0.15) is 0 Å². The molecule has 3 heterocycles. The highest BCUT2D eigenvalue weighted by Gasteiger charge is 2.60. The summed E-state index contributed by atoms with van der Waals surface area (Å²) in [6, 6.07) is 5.06. The minimum Gasteiger partial charge on any atom is -0.492 e. The molecule has 3 aliphatic heterocycles. The number of carbonyl (C=O) groups is 4. The number of hydrogen-bond acceptors (Lipinski definition) is 9. The van der Waals surface area contributed by atoms with Gasteiger partial charge in [0.1, 0.15) is 29.1 Å². The average Bonchev–Trinajstić information content (AvgIpc) is 3.28. The summed E-state index contributed by atoms with van der Waals surface area (Å²) < 4.78 is 5.95. The van der Waals surface area contributed by atoms with Crippen molar-refractivity contribution in [1.82, 2.24) is 31.5 Å². The molecule has 4 rings (SSSR count). The molecule has 0 spiro atoms. The van der Waals surface area contributed by atoms with Crippen molar-refractivity contribution in [1.29, 1.82) is 0 Å². The average molecular weight is 672 g/mol. The molecule has 0 bridgehead atoms. The Labute approximate surface area is 284 Å². The quantitative estimate of drug-likeness (QED) is 0.0704. The number of ether oxygens (including phenoxy) is 1. The van der Waals surface area contributed by atoms with Crippen LogP contribution in [0.5, 0.6) is 5.75 Å². The maximum Gasteiger partial charge on any atom is 0.267 e. The fourth-order valence-corrected chi connectivity index (χ4v) is 6.49. The molecule has 266 valence electrons. The number of aliphatic hydroxyl groups is 1. The van der Waals surface area contributed by atoms with E-state index in [4.69, 9.17) is 10.5 Å². The summed E-state index contributed by atoms with van der Waals surface area (Å²) in [5, 5.41) is 24.8. The third-order valence-electron chi connectivity index (χ3n) is 9.15. The van der Waals surface area contributed by atoms with Crippen LogP contribution in [0.25, 0.3) is 0 Å². The van der Waals surface area contributed by atoms with Crippen LogP contribution in [0.3, 0.4) is 0 Å². The lowest BCUT2D eigenvalue weighted by Gasteiger charge is -2.49. The number of nitrogens with one attached hydrogen (secondary N) is 6. The van der Waals surface area contributed by atoms with Crippen LogP contribution in [0.1, 0.15) is 77.2 Å². The van der Waals surface area contributed by atoms with Crippen molar-refractivity contribution in [3.63, 3.8) is 0 Å². The summed E-state index contributed by atoms with van der Waals surface area (Å²) in [5.41, 5.74) is 7.12. The zero-order valence-electron chi connectivity index (χ0n) is 28.5. The van der Waals surface area contributed by atoms with Crippen LogP contribution in [0, 0.1) is 0 Å². The first-order valence-corrected chi connectivity index (χ1v) is 15.9. The summed E-state index contributed by atoms with van der Waals surface area (Å²) in [6.45, 7) is 15.7. The van der Waals surface area contributed by atoms with Crippen molar-refractivity contribution in [3.05, 3.63) is 53.5 Å². The SMILES string of the molecule is C.C=C1NC(C)C([NH+]=C(N)CCC)[C@@]2(C)C(O)C(NC(=O)c3cccc4c3OCCC4(C)C)CN12.CNC(=O)/C(=C/C(=O)NC=O)NC. The van der Waals surface area contributed by atoms with E-state index in [0.717, 1.165) is 36.7 Å². The van der Waals surface area contributed by atoms with Crippen LogP contribution in [0.4, 0.5) is 0 Å². The molecule has 4 unspecified atom stereocenters. The summed E-state index contributed by atoms with van der Waals surface area (Å²) in [6.07, 6.45) is 3.00. The van der Waals surface area contributed by atoms with Crippen molar-refractivity contribution in [2.75, 3.05) is 27.2 Å². The van der Waals surface area contributed by atoms with E-state index in [9.17, 15) is 24.3 Å². The van der Waals surface area contributed by atoms with Gasteiger partial charge in [-0.15, -0.1) is 0 Å². The molecule has 0 aliphatic carbocycles. The smallest absolute Gasteiger partial charge is 0.267 e. The van der Waals surface area contributed by atoms with Gasteiger partial charge in [-0.3, -0.25) is 35.2 Å². The molecule has 3 aliphatic rings. The Hall–Kier alpha value is -4.59. The fourth-order valence-electron chi connectivity index (χ4n) is 6.49. The highest BCUT2D eigenvalue weighted by Crippen LogP contribution is 2.41. The lowest BCUT2D eigenvalue weighted by atomic mass is 9.79. The van der Waals surface area contributed by atoms with Gasteiger partial charge in [0.25, 0.3) is 17.7 Å². The van der Waals surface area contributed by atoms with Gasteiger partial charge in [-0.25, -0.2) is 0 Å². The van der Waals surface area contributed by atoms with Gasteiger partial charge in [-0.05, 0) is 38.2 Å².